The van der Waals surface area contributed by atoms with Gasteiger partial charge in [-0.15, -0.1) is 10.2 Å². The molecule has 0 aromatic carbocycles. The van der Waals surface area contributed by atoms with Crippen LogP contribution in [0.5, 0.6) is 0 Å². The van der Waals surface area contributed by atoms with Gasteiger partial charge in [0.1, 0.15) is 5.69 Å². The average Bonchev–Trinajstić information content (AvgIpc) is 3.03. The minimum Gasteiger partial charge on any atom is -0.341 e. The third-order valence-electron chi connectivity index (χ3n) is 3.36. The summed E-state index contributed by atoms with van der Waals surface area (Å²) in [5.41, 5.74) is 1.04. The van der Waals surface area contributed by atoms with Gasteiger partial charge in [0.25, 0.3) is 5.91 Å². The molecule has 8 heteroatoms. The highest BCUT2D eigenvalue weighted by molar-refractivity contribution is 7.98. The van der Waals surface area contributed by atoms with Crippen molar-refractivity contribution < 1.29 is 4.79 Å². The number of nitrogens with one attached hydrogen (secondary N) is 1. The number of carbonyl (C=O) groups is 1. The van der Waals surface area contributed by atoms with Crippen LogP contribution in [0.25, 0.3) is 5.65 Å². The van der Waals surface area contributed by atoms with Crippen molar-refractivity contribution in [3.63, 3.8) is 0 Å². The molecule has 23 heavy (non-hydrogen) atoms. The molecule has 0 saturated carbocycles. The number of amides is 1. The molecule has 0 saturated heterocycles. The number of aromatic nitrogens is 5. The van der Waals surface area contributed by atoms with E-state index in [2.05, 4.69) is 25.5 Å². The molecule has 0 aliphatic rings. The van der Waals surface area contributed by atoms with Crippen molar-refractivity contribution in [3.8, 4) is 0 Å². The molecule has 1 atom stereocenters. The summed E-state index contributed by atoms with van der Waals surface area (Å²) in [5.74, 6) is 1.34. The SMILES string of the molecule is CSCC[C@@H](NC(=O)c1cnccn1)c1nnc2ccccn12. The number of carbonyl (C=O) groups excluding carboxylic acids is 1. The molecule has 118 valence electrons. The second-order valence-corrected chi connectivity index (χ2v) is 5.87. The summed E-state index contributed by atoms with van der Waals surface area (Å²) in [6.45, 7) is 0. The summed E-state index contributed by atoms with van der Waals surface area (Å²) in [6.07, 6.45) is 9.16. The van der Waals surface area contributed by atoms with E-state index in [0.29, 0.717) is 5.82 Å². The average molecular weight is 328 g/mol. The van der Waals surface area contributed by atoms with Crippen molar-refractivity contribution in [1.29, 1.82) is 0 Å². The fourth-order valence-electron chi connectivity index (χ4n) is 2.25. The maximum absolute atomic E-state index is 12.4. The van der Waals surface area contributed by atoms with Gasteiger partial charge in [-0.3, -0.25) is 14.2 Å². The van der Waals surface area contributed by atoms with Gasteiger partial charge in [0.15, 0.2) is 11.5 Å². The minimum absolute atomic E-state index is 0.241. The van der Waals surface area contributed by atoms with Crippen LogP contribution in [-0.2, 0) is 0 Å². The molecule has 0 unspecified atom stereocenters. The first-order chi connectivity index (χ1) is 11.3. The Bertz CT molecular complexity index is 791. The van der Waals surface area contributed by atoms with Crippen LogP contribution in [0.2, 0.25) is 0 Å². The molecule has 0 radical (unpaired) electrons. The van der Waals surface area contributed by atoms with Crippen LogP contribution in [0.15, 0.2) is 43.0 Å². The highest BCUT2D eigenvalue weighted by Crippen LogP contribution is 2.18. The van der Waals surface area contributed by atoms with Crippen molar-refractivity contribution in [2.45, 2.75) is 12.5 Å². The Morgan fingerprint density at radius 1 is 1.35 bits per heavy atom. The lowest BCUT2D eigenvalue weighted by atomic mass is 10.2. The Morgan fingerprint density at radius 3 is 3.04 bits per heavy atom. The molecule has 3 aromatic heterocycles. The molecule has 0 aliphatic heterocycles. The molecule has 3 aromatic rings. The normalized spacial score (nSPS) is 12.2. The Balaban J connectivity index is 1.87. The van der Waals surface area contributed by atoms with Crippen molar-refractivity contribution in [2.24, 2.45) is 0 Å². The first-order valence-electron chi connectivity index (χ1n) is 7.15. The van der Waals surface area contributed by atoms with Crippen LogP contribution >= 0.6 is 11.8 Å². The van der Waals surface area contributed by atoms with Gasteiger partial charge in [-0.05, 0) is 30.6 Å². The van der Waals surface area contributed by atoms with Gasteiger partial charge in [-0.2, -0.15) is 11.8 Å². The highest BCUT2D eigenvalue weighted by atomic mass is 32.2. The summed E-state index contributed by atoms with van der Waals surface area (Å²) in [5, 5.41) is 11.4. The van der Waals surface area contributed by atoms with Crippen LogP contribution in [-0.4, -0.2) is 42.5 Å². The fraction of sp³-hybridized carbons (Fsp3) is 0.267. The van der Waals surface area contributed by atoms with Gasteiger partial charge < -0.3 is 5.32 Å². The molecule has 3 heterocycles. The number of hydrogen-bond acceptors (Lipinski definition) is 6. The molecular weight excluding hydrogens is 312 g/mol. The van der Waals surface area contributed by atoms with E-state index in [9.17, 15) is 4.79 Å². The third kappa shape index (κ3) is 3.48. The van der Waals surface area contributed by atoms with Crippen LogP contribution in [0, 0.1) is 0 Å². The second-order valence-electron chi connectivity index (χ2n) is 4.89. The minimum atomic E-state index is -0.267. The Labute approximate surface area is 137 Å². The first kappa shape index (κ1) is 15.4. The Hall–Kier alpha value is -2.48. The quantitative estimate of drug-likeness (QED) is 0.742. The third-order valence-corrected chi connectivity index (χ3v) is 4.01. The lowest BCUT2D eigenvalue weighted by Gasteiger charge is -2.16. The Morgan fingerprint density at radius 2 is 2.26 bits per heavy atom. The van der Waals surface area contributed by atoms with E-state index in [1.165, 1.54) is 18.6 Å². The molecular formula is C15H16N6OS. The van der Waals surface area contributed by atoms with Crippen LogP contribution in [0.4, 0.5) is 0 Å². The summed E-state index contributed by atoms with van der Waals surface area (Å²) in [6, 6.07) is 5.46. The Kier molecular flexibility index (Phi) is 4.82. The van der Waals surface area contributed by atoms with E-state index in [4.69, 9.17) is 0 Å². The number of hydrogen-bond donors (Lipinski definition) is 1. The second kappa shape index (κ2) is 7.19. The fourth-order valence-corrected chi connectivity index (χ4v) is 2.72. The van der Waals surface area contributed by atoms with Gasteiger partial charge in [0.2, 0.25) is 0 Å². The topological polar surface area (TPSA) is 85.1 Å². The summed E-state index contributed by atoms with van der Waals surface area (Å²) in [7, 11) is 0. The predicted molar refractivity (Wildman–Crippen MR) is 88.2 cm³/mol. The van der Waals surface area contributed by atoms with Gasteiger partial charge in [-0.1, -0.05) is 6.07 Å². The maximum Gasteiger partial charge on any atom is 0.272 e. The van der Waals surface area contributed by atoms with Crippen LogP contribution < -0.4 is 5.32 Å². The molecule has 1 N–H and O–H groups in total. The van der Waals surface area contributed by atoms with E-state index in [-0.39, 0.29) is 17.6 Å². The number of thioether (sulfide) groups is 1. The zero-order valence-corrected chi connectivity index (χ0v) is 13.4. The molecule has 0 spiro atoms. The van der Waals surface area contributed by atoms with E-state index in [1.54, 1.807) is 11.8 Å². The van der Waals surface area contributed by atoms with E-state index in [1.807, 2.05) is 35.1 Å². The van der Waals surface area contributed by atoms with Gasteiger partial charge in [0, 0.05) is 18.6 Å². The number of fused-ring (bicyclic) bond motifs is 1. The van der Waals surface area contributed by atoms with Gasteiger partial charge in [0.05, 0.1) is 12.2 Å². The standard InChI is InChI=1S/C15H16N6OS/c1-23-9-5-11(18-15(22)12-10-16-6-7-17-12)14-20-19-13-4-2-3-8-21(13)14/h2-4,6-8,10-11H,5,9H2,1H3,(H,18,22)/t11-/m1/s1. The zero-order chi connectivity index (χ0) is 16.1. The molecule has 7 nitrogen and oxygen atoms in total. The molecule has 1 amide bonds. The van der Waals surface area contributed by atoms with E-state index in [0.717, 1.165) is 17.8 Å². The van der Waals surface area contributed by atoms with Gasteiger partial charge >= 0.3 is 0 Å². The number of rotatable bonds is 6. The van der Waals surface area contributed by atoms with E-state index >= 15 is 0 Å². The van der Waals surface area contributed by atoms with Gasteiger partial charge in [-0.25, -0.2) is 4.98 Å². The largest absolute Gasteiger partial charge is 0.341 e. The van der Waals surface area contributed by atoms with Crippen molar-refractivity contribution >= 4 is 23.3 Å². The van der Waals surface area contributed by atoms with Crippen LogP contribution in [0.3, 0.4) is 0 Å². The summed E-state index contributed by atoms with van der Waals surface area (Å²) in [4.78, 5) is 20.3. The number of pyridine rings is 1. The first-order valence-corrected chi connectivity index (χ1v) is 8.54. The van der Waals surface area contributed by atoms with Crippen molar-refractivity contribution in [2.75, 3.05) is 12.0 Å². The van der Waals surface area contributed by atoms with Crippen molar-refractivity contribution in [3.05, 3.63) is 54.5 Å². The molecule has 0 bridgehead atoms. The summed E-state index contributed by atoms with van der Waals surface area (Å²) >= 11 is 1.72. The van der Waals surface area contributed by atoms with Crippen molar-refractivity contribution in [1.82, 2.24) is 29.9 Å². The van der Waals surface area contributed by atoms with E-state index < -0.39 is 0 Å². The predicted octanol–water partition coefficient (Wildman–Crippen LogP) is 1.74. The smallest absolute Gasteiger partial charge is 0.272 e. The maximum atomic E-state index is 12.4. The lowest BCUT2D eigenvalue weighted by molar-refractivity contribution is 0.0928. The zero-order valence-electron chi connectivity index (χ0n) is 12.6. The highest BCUT2D eigenvalue weighted by Gasteiger charge is 2.21. The van der Waals surface area contributed by atoms with Crippen LogP contribution in [0.1, 0.15) is 28.8 Å². The molecule has 0 aliphatic carbocycles. The monoisotopic (exact) mass is 328 g/mol. The number of nitrogens with zero attached hydrogens (tertiary/aromatic N) is 5. The molecule has 3 rings (SSSR count). The lowest BCUT2D eigenvalue weighted by Crippen LogP contribution is -2.31. The summed E-state index contributed by atoms with van der Waals surface area (Å²) < 4.78 is 1.89. The molecule has 0 fully saturated rings.